The van der Waals surface area contributed by atoms with Crippen LogP contribution in [0.2, 0.25) is 5.02 Å². The number of amides is 1. The Balaban J connectivity index is 1.19. The number of carbonyl (C=O) groups is 3. The van der Waals surface area contributed by atoms with E-state index in [-0.39, 0.29) is 12.5 Å². The summed E-state index contributed by atoms with van der Waals surface area (Å²) in [7, 11) is 0. The molecule has 0 bridgehead atoms. The Morgan fingerprint density at radius 1 is 0.919 bits per heavy atom. The SMILES string of the molecule is O=C(COCC1CCC(COC(=O)N(c2ccccc2)c2ccc(Cl)cc2)CC1)OC(=O)n1ccnc1. The molecule has 10 heteroatoms. The van der Waals surface area contributed by atoms with Gasteiger partial charge in [0.15, 0.2) is 0 Å². The lowest BCUT2D eigenvalue weighted by molar-refractivity contribution is -0.143. The van der Waals surface area contributed by atoms with Crippen molar-refractivity contribution in [2.45, 2.75) is 25.7 Å². The van der Waals surface area contributed by atoms with Crippen LogP contribution in [-0.2, 0) is 19.0 Å². The van der Waals surface area contributed by atoms with Crippen molar-refractivity contribution in [3.8, 4) is 0 Å². The van der Waals surface area contributed by atoms with Crippen molar-refractivity contribution in [3.63, 3.8) is 0 Å². The van der Waals surface area contributed by atoms with Crippen LogP contribution in [0.25, 0.3) is 0 Å². The summed E-state index contributed by atoms with van der Waals surface area (Å²) in [6.45, 7) is 0.434. The Bertz CT molecular complexity index is 1160. The van der Waals surface area contributed by atoms with Gasteiger partial charge in [-0.15, -0.1) is 0 Å². The van der Waals surface area contributed by atoms with Crippen LogP contribution in [0.3, 0.4) is 0 Å². The number of ether oxygens (including phenoxy) is 3. The number of aromatic nitrogens is 2. The Kier molecular flexibility index (Phi) is 9.29. The highest BCUT2D eigenvalue weighted by molar-refractivity contribution is 6.30. The smallest absolute Gasteiger partial charge is 0.427 e. The highest BCUT2D eigenvalue weighted by atomic mass is 35.5. The van der Waals surface area contributed by atoms with Crippen molar-refractivity contribution < 1.29 is 28.6 Å². The van der Waals surface area contributed by atoms with Crippen molar-refractivity contribution in [1.82, 2.24) is 9.55 Å². The molecule has 4 rings (SSSR count). The van der Waals surface area contributed by atoms with E-state index in [2.05, 4.69) is 4.98 Å². The summed E-state index contributed by atoms with van der Waals surface area (Å²) in [5.74, 6) is -0.206. The predicted molar refractivity (Wildman–Crippen MR) is 137 cm³/mol. The third-order valence-electron chi connectivity index (χ3n) is 6.18. The third-order valence-corrected chi connectivity index (χ3v) is 6.43. The van der Waals surface area contributed by atoms with Crippen LogP contribution in [0.4, 0.5) is 21.0 Å². The number of anilines is 2. The molecule has 3 aromatic rings. The van der Waals surface area contributed by atoms with E-state index in [9.17, 15) is 14.4 Å². The van der Waals surface area contributed by atoms with Crippen LogP contribution in [-0.4, -0.2) is 47.5 Å². The van der Waals surface area contributed by atoms with E-state index in [0.29, 0.717) is 35.5 Å². The quantitative estimate of drug-likeness (QED) is 0.269. The molecule has 0 radical (unpaired) electrons. The van der Waals surface area contributed by atoms with Gasteiger partial charge in [0.1, 0.15) is 12.9 Å². The van der Waals surface area contributed by atoms with Crippen LogP contribution >= 0.6 is 11.6 Å². The fourth-order valence-electron chi connectivity index (χ4n) is 4.20. The maximum Gasteiger partial charge on any atom is 0.427 e. The van der Waals surface area contributed by atoms with E-state index in [0.717, 1.165) is 30.3 Å². The molecule has 1 amide bonds. The monoisotopic (exact) mass is 525 g/mol. The van der Waals surface area contributed by atoms with Gasteiger partial charge in [0.05, 0.1) is 24.6 Å². The summed E-state index contributed by atoms with van der Waals surface area (Å²) >= 11 is 6.02. The molecule has 9 nitrogen and oxygen atoms in total. The predicted octanol–water partition coefficient (Wildman–Crippen LogP) is 5.85. The van der Waals surface area contributed by atoms with Crippen LogP contribution < -0.4 is 4.90 Å². The number of halogens is 1. The highest BCUT2D eigenvalue weighted by Gasteiger charge is 2.25. The summed E-state index contributed by atoms with van der Waals surface area (Å²) in [5, 5.41) is 0.589. The number of hydrogen-bond acceptors (Lipinski definition) is 7. The molecule has 0 atom stereocenters. The average Bonchev–Trinajstić information content (AvgIpc) is 3.46. The summed E-state index contributed by atoms with van der Waals surface area (Å²) < 4.78 is 17.0. The van der Waals surface area contributed by atoms with Crippen molar-refractivity contribution in [3.05, 3.63) is 78.3 Å². The minimum Gasteiger partial charge on any atom is -0.449 e. The van der Waals surface area contributed by atoms with Crippen LogP contribution in [0.1, 0.15) is 25.7 Å². The lowest BCUT2D eigenvalue weighted by atomic mass is 9.83. The molecule has 0 unspecified atom stereocenters. The molecular weight excluding hydrogens is 498 g/mol. The van der Waals surface area contributed by atoms with E-state index < -0.39 is 18.2 Å². The van der Waals surface area contributed by atoms with Crippen molar-refractivity contribution in [2.24, 2.45) is 11.8 Å². The maximum absolute atomic E-state index is 13.1. The molecule has 0 aliphatic heterocycles. The molecule has 37 heavy (non-hydrogen) atoms. The fourth-order valence-corrected chi connectivity index (χ4v) is 4.33. The second kappa shape index (κ2) is 13.0. The zero-order chi connectivity index (χ0) is 26.0. The Morgan fingerprint density at radius 2 is 1.57 bits per heavy atom. The number of rotatable bonds is 8. The zero-order valence-corrected chi connectivity index (χ0v) is 21.0. The molecule has 194 valence electrons. The Labute approximate surface area is 219 Å². The number of imidazole rings is 1. The second-order valence-corrected chi connectivity index (χ2v) is 9.27. The Hall–Kier alpha value is -3.69. The number of hydrogen-bond donors (Lipinski definition) is 0. The number of esters is 1. The first-order valence-electron chi connectivity index (χ1n) is 12.1. The number of carbonyl (C=O) groups excluding carboxylic acids is 3. The van der Waals surface area contributed by atoms with Gasteiger partial charge < -0.3 is 14.2 Å². The summed E-state index contributed by atoms with van der Waals surface area (Å²) in [6, 6.07) is 16.4. The van der Waals surface area contributed by atoms with Crippen LogP contribution in [0.15, 0.2) is 73.3 Å². The van der Waals surface area contributed by atoms with E-state index in [1.54, 1.807) is 24.3 Å². The van der Waals surface area contributed by atoms with Gasteiger partial charge in [-0.2, -0.15) is 0 Å². The van der Waals surface area contributed by atoms with Gasteiger partial charge in [0, 0.05) is 17.4 Å². The minimum absolute atomic E-state index is 0.251. The molecule has 0 spiro atoms. The van der Waals surface area contributed by atoms with Crippen molar-refractivity contribution in [1.29, 1.82) is 0 Å². The standard InChI is InChI=1S/C27H28ClN3O6/c28-22-10-12-24(13-11-22)31(23-4-2-1-3-5-23)27(34)36-17-21-8-6-20(7-9-21)16-35-18-25(32)37-26(33)30-15-14-29-19-30/h1-5,10-15,19-21H,6-9,16-18H2. The normalized spacial score (nSPS) is 17.1. The third kappa shape index (κ3) is 7.65. The minimum atomic E-state index is -0.817. The van der Waals surface area contributed by atoms with Crippen LogP contribution in [0.5, 0.6) is 0 Å². The molecule has 1 aliphatic rings. The lowest BCUT2D eigenvalue weighted by Crippen LogP contribution is -2.30. The second-order valence-electron chi connectivity index (χ2n) is 8.84. The highest BCUT2D eigenvalue weighted by Crippen LogP contribution is 2.31. The van der Waals surface area contributed by atoms with E-state index in [1.807, 2.05) is 30.3 Å². The first kappa shape index (κ1) is 26.4. The largest absolute Gasteiger partial charge is 0.449 e. The van der Waals surface area contributed by atoms with Gasteiger partial charge in [-0.3, -0.25) is 0 Å². The zero-order valence-electron chi connectivity index (χ0n) is 20.2. The van der Waals surface area contributed by atoms with Gasteiger partial charge in [-0.25, -0.2) is 28.8 Å². The van der Waals surface area contributed by atoms with Gasteiger partial charge in [0.25, 0.3) is 0 Å². The van der Waals surface area contributed by atoms with Crippen LogP contribution in [0, 0.1) is 11.8 Å². The topological polar surface area (TPSA) is 100.0 Å². The first-order valence-corrected chi connectivity index (χ1v) is 12.5. The molecule has 2 aromatic carbocycles. The van der Waals surface area contributed by atoms with Gasteiger partial charge in [-0.05, 0) is 73.9 Å². The number of para-hydroxylation sites is 1. The molecule has 1 aromatic heterocycles. The molecule has 1 heterocycles. The molecule has 1 saturated carbocycles. The summed E-state index contributed by atoms with van der Waals surface area (Å²) in [4.78, 5) is 41.9. The van der Waals surface area contributed by atoms with E-state index >= 15 is 0 Å². The van der Waals surface area contributed by atoms with E-state index in [1.165, 1.54) is 23.6 Å². The summed E-state index contributed by atoms with van der Waals surface area (Å²) in [6.07, 6.45) is 6.36. The van der Waals surface area contributed by atoms with Gasteiger partial charge in [0.2, 0.25) is 0 Å². The Morgan fingerprint density at radius 3 is 2.22 bits per heavy atom. The molecule has 1 fully saturated rings. The van der Waals surface area contributed by atoms with Gasteiger partial charge in [-0.1, -0.05) is 29.8 Å². The average molecular weight is 526 g/mol. The number of nitrogens with zero attached hydrogens (tertiary/aromatic N) is 3. The van der Waals surface area contributed by atoms with Crippen molar-refractivity contribution in [2.75, 3.05) is 24.7 Å². The van der Waals surface area contributed by atoms with E-state index in [4.69, 9.17) is 25.8 Å². The maximum atomic E-state index is 13.1. The molecule has 0 N–H and O–H groups in total. The summed E-state index contributed by atoms with van der Waals surface area (Å²) in [5.41, 5.74) is 1.38. The number of benzene rings is 2. The van der Waals surface area contributed by atoms with Crippen molar-refractivity contribution >= 4 is 41.1 Å². The fraction of sp³-hybridized carbons (Fsp3) is 0.333. The first-order chi connectivity index (χ1) is 18.0. The lowest BCUT2D eigenvalue weighted by Gasteiger charge is -2.29. The molecular formula is C27H28ClN3O6. The van der Waals surface area contributed by atoms with Gasteiger partial charge >= 0.3 is 18.2 Å². The molecule has 0 saturated heterocycles. The molecule has 1 aliphatic carbocycles.